The Morgan fingerprint density at radius 3 is 2.68 bits per heavy atom. The molecule has 0 saturated heterocycles. The SMILES string of the molecule is CCc1nc(NN)cc(Nc2cc(Br)ccc2Cl)n1. The van der Waals surface area contributed by atoms with E-state index < -0.39 is 0 Å². The van der Waals surface area contributed by atoms with Gasteiger partial charge in [0, 0.05) is 17.0 Å². The second-order valence-corrected chi connectivity index (χ2v) is 5.12. The van der Waals surface area contributed by atoms with E-state index in [4.69, 9.17) is 17.4 Å². The number of nitrogens with two attached hydrogens (primary N) is 1. The predicted octanol–water partition coefficient (Wildman–Crippen LogP) is 3.48. The highest BCUT2D eigenvalue weighted by molar-refractivity contribution is 9.10. The highest BCUT2D eigenvalue weighted by Crippen LogP contribution is 2.28. The number of hydrogen-bond acceptors (Lipinski definition) is 5. The normalized spacial score (nSPS) is 10.3. The average molecular weight is 343 g/mol. The van der Waals surface area contributed by atoms with E-state index in [2.05, 4.69) is 36.6 Å². The second-order valence-electron chi connectivity index (χ2n) is 3.80. The van der Waals surface area contributed by atoms with E-state index in [1.165, 1.54) is 0 Å². The number of rotatable bonds is 4. The number of aromatic nitrogens is 2. The minimum atomic E-state index is 0.556. The number of aryl methyl sites for hydroxylation is 1. The number of benzene rings is 1. The van der Waals surface area contributed by atoms with Gasteiger partial charge in [-0.3, -0.25) is 0 Å². The van der Waals surface area contributed by atoms with Gasteiger partial charge in [0.05, 0.1) is 10.7 Å². The first-order valence-electron chi connectivity index (χ1n) is 5.69. The largest absolute Gasteiger partial charge is 0.339 e. The van der Waals surface area contributed by atoms with E-state index in [1.54, 1.807) is 12.1 Å². The monoisotopic (exact) mass is 341 g/mol. The van der Waals surface area contributed by atoms with Crippen LogP contribution in [0.5, 0.6) is 0 Å². The van der Waals surface area contributed by atoms with E-state index in [1.807, 2.05) is 19.1 Å². The molecule has 0 amide bonds. The van der Waals surface area contributed by atoms with Crippen molar-refractivity contribution >= 4 is 44.9 Å². The number of halogens is 2. The average Bonchev–Trinajstić information content (AvgIpc) is 2.42. The molecule has 5 nitrogen and oxygen atoms in total. The summed E-state index contributed by atoms with van der Waals surface area (Å²) in [6, 6.07) is 7.28. The Hall–Kier alpha value is -1.37. The number of anilines is 3. The smallest absolute Gasteiger partial charge is 0.145 e. The fraction of sp³-hybridized carbons (Fsp3) is 0.167. The Balaban J connectivity index is 2.34. The Morgan fingerprint density at radius 1 is 1.26 bits per heavy atom. The summed E-state index contributed by atoms with van der Waals surface area (Å²) in [6.45, 7) is 1.98. The molecule has 0 radical (unpaired) electrons. The van der Waals surface area contributed by atoms with Gasteiger partial charge < -0.3 is 10.7 Å². The fourth-order valence-electron chi connectivity index (χ4n) is 1.52. The molecule has 0 aliphatic heterocycles. The highest BCUT2D eigenvalue weighted by atomic mass is 79.9. The second kappa shape index (κ2) is 6.18. The summed E-state index contributed by atoms with van der Waals surface area (Å²) in [7, 11) is 0. The van der Waals surface area contributed by atoms with Gasteiger partial charge in [0.1, 0.15) is 17.5 Å². The predicted molar refractivity (Wildman–Crippen MR) is 81.7 cm³/mol. The van der Waals surface area contributed by atoms with Crippen LogP contribution in [-0.4, -0.2) is 9.97 Å². The van der Waals surface area contributed by atoms with Crippen LogP contribution in [0, 0.1) is 0 Å². The Bertz CT molecular complexity index is 568. The van der Waals surface area contributed by atoms with Crippen molar-refractivity contribution in [3.63, 3.8) is 0 Å². The Kier molecular flexibility index (Phi) is 4.57. The highest BCUT2D eigenvalue weighted by Gasteiger charge is 2.06. The number of hydrogen-bond donors (Lipinski definition) is 3. The molecule has 100 valence electrons. The first-order chi connectivity index (χ1) is 9.12. The fourth-order valence-corrected chi connectivity index (χ4v) is 2.05. The molecule has 0 aliphatic rings. The molecule has 19 heavy (non-hydrogen) atoms. The zero-order valence-corrected chi connectivity index (χ0v) is 12.6. The maximum Gasteiger partial charge on any atom is 0.145 e. The van der Waals surface area contributed by atoms with Crippen LogP contribution >= 0.6 is 27.5 Å². The summed E-state index contributed by atoms with van der Waals surface area (Å²) in [4.78, 5) is 8.60. The van der Waals surface area contributed by atoms with Crippen molar-refractivity contribution in [3.05, 3.63) is 39.6 Å². The molecule has 1 heterocycles. The van der Waals surface area contributed by atoms with Crippen LogP contribution in [-0.2, 0) is 6.42 Å². The minimum Gasteiger partial charge on any atom is -0.339 e. The lowest BCUT2D eigenvalue weighted by Crippen LogP contribution is -2.11. The van der Waals surface area contributed by atoms with Gasteiger partial charge in [0.15, 0.2) is 0 Å². The van der Waals surface area contributed by atoms with Gasteiger partial charge in [0.25, 0.3) is 0 Å². The van der Waals surface area contributed by atoms with Crippen molar-refractivity contribution in [2.24, 2.45) is 5.84 Å². The van der Waals surface area contributed by atoms with E-state index in [0.717, 1.165) is 16.6 Å². The van der Waals surface area contributed by atoms with E-state index in [9.17, 15) is 0 Å². The standard InChI is InChI=1S/C12H13BrClN5/c1-2-10-17-11(6-12(18-10)19-15)16-9-5-7(13)3-4-8(9)14/h3-6H,2,15H2,1H3,(H2,16,17,18,19). The molecule has 1 aromatic heterocycles. The lowest BCUT2D eigenvalue weighted by Gasteiger charge is -2.10. The molecule has 7 heteroatoms. The van der Waals surface area contributed by atoms with Crippen molar-refractivity contribution in [3.8, 4) is 0 Å². The molecular formula is C12H13BrClN5. The summed E-state index contributed by atoms with van der Waals surface area (Å²) in [6.07, 6.45) is 0.719. The summed E-state index contributed by atoms with van der Waals surface area (Å²) in [5, 5.41) is 3.77. The maximum absolute atomic E-state index is 6.13. The molecule has 0 unspecified atom stereocenters. The summed E-state index contributed by atoms with van der Waals surface area (Å²) in [5.41, 5.74) is 3.28. The molecule has 1 aromatic carbocycles. The van der Waals surface area contributed by atoms with Crippen LogP contribution < -0.4 is 16.6 Å². The summed E-state index contributed by atoms with van der Waals surface area (Å²) < 4.78 is 0.932. The quantitative estimate of drug-likeness (QED) is 0.586. The van der Waals surface area contributed by atoms with Gasteiger partial charge in [-0.05, 0) is 18.2 Å². The topological polar surface area (TPSA) is 75.9 Å². The summed E-state index contributed by atoms with van der Waals surface area (Å²) >= 11 is 9.53. The van der Waals surface area contributed by atoms with Crippen LogP contribution in [0.2, 0.25) is 5.02 Å². The molecule has 0 fully saturated rings. The molecule has 0 atom stereocenters. The Labute approximate surface area is 124 Å². The van der Waals surface area contributed by atoms with E-state index >= 15 is 0 Å². The van der Waals surface area contributed by atoms with Gasteiger partial charge in [0.2, 0.25) is 0 Å². The minimum absolute atomic E-state index is 0.556. The van der Waals surface area contributed by atoms with Gasteiger partial charge in [-0.1, -0.05) is 34.5 Å². The molecule has 0 bridgehead atoms. The number of nitrogen functional groups attached to an aromatic ring is 1. The zero-order chi connectivity index (χ0) is 13.8. The number of nitrogens with one attached hydrogen (secondary N) is 2. The molecular weight excluding hydrogens is 330 g/mol. The molecule has 0 spiro atoms. The van der Waals surface area contributed by atoms with Crippen LogP contribution in [0.15, 0.2) is 28.7 Å². The van der Waals surface area contributed by atoms with Crippen molar-refractivity contribution in [1.29, 1.82) is 0 Å². The molecule has 2 rings (SSSR count). The van der Waals surface area contributed by atoms with E-state index in [0.29, 0.717) is 22.5 Å². The Morgan fingerprint density at radius 2 is 2.00 bits per heavy atom. The van der Waals surface area contributed by atoms with Crippen LogP contribution in [0.25, 0.3) is 0 Å². The summed E-state index contributed by atoms with van der Waals surface area (Å²) in [5.74, 6) is 7.28. The first kappa shape index (κ1) is 14.0. The molecule has 0 aliphatic carbocycles. The third kappa shape index (κ3) is 3.56. The first-order valence-corrected chi connectivity index (χ1v) is 6.86. The maximum atomic E-state index is 6.13. The molecule has 0 saturated carbocycles. The van der Waals surface area contributed by atoms with Crippen molar-refractivity contribution in [1.82, 2.24) is 9.97 Å². The van der Waals surface area contributed by atoms with Gasteiger partial charge in [-0.25, -0.2) is 15.8 Å². The van der Waals surface area contributed by atoms with Crippen molar-refractivity contribution < 1.29 is 0 Å². The third-order valence-electron chi connectivity index (χ3n) is 2.43. The van der Waals surface area contributed by atoms with Gasteiger partial charge >= 0.3 is 0 Å². The van der Waals surface area contributed by atoms with Gasteiger partial charge in [-0.15, -0.1) is 0 Å². The van der Waals surface area contributed by atoms with Gasteiger partial charge in [-0.2, -0.15) is 0 Å². The number of hydrazine groups is 1. The molecule has 4 N–H and O–H groups in total. The third-order valence-corrected chi connectivity index (χ3v) is 3.25. The number of nitrogens with zero attached hydrogens (tertiary/aromatic N) is 2. The van der Waals surface area contributed by atoms with Crippen LogP contribution in [0.3, 0.4) is 0 Å². The van der Waals surface area contributed by atoms with Crippen LogP contribution in [0.1, 0.15) is 12.7 Å². The lowest BCUT2D eigenvalue weighted by molar-refractivity contribution is 0.941. The van der Waals surface area contributed by atoms with E-state index in [-0.39, 0.29) is 0 Å². The molecule has 2 aromatic rings. The van der Waals surface area contributed by atoms with Crippen molar-refractivity contribution in [2.75, 3.05) is 10.7 Å². The van der Waals surface area contributed by atoms with Crippen LogP contribution in [0.4, 0.5) is 17.3 Å². The van der Waals surface area contributed by atoms with Crippen molar-refractivity contribution in [2.45, 2.75) is 13.3 Å². The lowest BCUT2D eigenvalue weighted by atomic mass is 10.3. The zero-order valence-electron chi connectivity index (χ0n) is 10.2.